The Balaban J connectivity index is 4.11. The summed E-state index contributed by atoms with van der Waals surface area (Å²) in [5.74, 6) is 0. The molecule has 2 atom stereocenters. The molecule has 0 rings (SSSR count). The number of rotatable bonds is 13. The summed E-state index contributed by atoms with van der Waals surface area (Å²) in [6.45, 7) is 6.05. The molecule has 2 N–H and O–H groups in total. The van der Waals surface area contributed by atoms with Crippen molar-refractivity contribution in [3.63, 3.8) is 0 Å². The summed E-state index contributed by atoms with van der Waals surface area (Å²) in [7, 11) is 0. The third kappa shape index (κ3) is 17.0. The van der Waals surface area contributed by atoms with Gasteiger partial charge in [0.2, 0.25) is 0 Å². The largest absolute Gasteiger partial charge is 0.389 e. The van der Waals surface area contributed by atoms with E-state index in [1.807, 2.05) is 36.5 Å². The maximum Gasteiger partial charge on any atom is 0.0836 e. The maximum atomic E-state index is 10.2. The molecule has 0 saturated carbocycles. The van der Waals surface area contributed by atoms with Crippen molar-refractivity contribution < 1.29 is 10.2 Å². The Morgan fingerprint density at radius 1 is 0.880 bits per heavy atom. The fourth-order valence-corrected chi connectivity index (χ4v) is 2.01. The summed E-state index contributed by atoms with van der Waals surface area (Å²) < 4.78 is 0. The van der Waals surface area contributed by atoms with Crippen LogP contribution in [-0.4, -0.2) is 21.9 Å². The van der Waals surface area contributed by atoms with Gasteiger partial charge in [0.25, 0.3) is 0 Å². The van der Waals surface area contributed by atoms with Crippen LogP contribution in [-0.2, 0) is 0 Å². The standard InChI is InChI=1S/C23H36O2/c1-4-6-8-10-12-16-20-23(3,25)21-17-13-11-15-19-22(24)18-14-9-7-5-2/h6,8-9,11-17,19,21-22,24-25H,4-5,7,10,18,20H2,1-3H3/b8-6-,13-11+,14-9-,16-12-,19-15+,21-17-. The highest BCUT2D eigenvalue weighted by Gasteiger charge is 2.12. The zero-order valence-corrected chi connectivity index (χ0v) is 16.1. The third-order valence-electron chi connectivity index (χ3n) is 3.49. The lowest BCUT2D eigenvalue weighted by Gasteiger charge is -2.15. The predicted octanol–water partition coefficient (Wildman–Crippen LogP) is 5.82. The molecule has 0 amide bonds. The first kappa shape index (κ1) is 23.4. The molecule has 0 aliphatic heterocycles. The summed E-state index contributed by atoms with van der Waals surface area (Å²) in [6.07, 6.45) is 28.4. The van der Waals surface area contributed by atoms with Gasteiger partial charge in [-0.15, -0.1) is 0 Å². The fourth-order valence-electron chi connectivity index (χ4n) is 2.01. The van der Waals surface area contributed by atoms with E-state index in [4.69, 9.17) is 0 Å². The van der Waals surface area contributed by atoms with Crippen LogP contribution in [0.4, 0.5) is 0 Å². The molecule has 2 unspecified atom stereocenters. The Bertz CT molecular complexity index is 476. The van der Waals surface area contributed by atoms with E-state index >= 15 is 0 Å². The van der Waals surface area contributed by atoms with Gasteiger partial charge in [0.05, 0.1) is 11.7 Å². The van der Waals surface area contributed by atoms with Crippen LogP contribution in [0, 0.1) is 0 Å². The van der Waals surface area contributed by atoms with Crippen LogP contribution in [0.1, 0.15) is 59.3 Å². The molecule has 0 saturated heterocycles. The first-order chi connectivity index (χ1) is 12.0. The van der Waals surface area contributed by atoms with Crippen molar-refractivity contribution >= 4 is 0 Å². The lowest BCUT2D eigenvalue weighted by atomic mass is 10.0. The minimum Gasteiger partial charge on any atom is -0.389 e. The maximum absolute atomic E-state index is 10.2. The van der Waals surface area contributed by atoms with Gasteiger partial charge in [-0.25, -0.2) is 0 Å². The third-order valence-corrected chi connectivity index (χ3v) is 3.49. The summed E-state index contributed by atoms with van der Waals surface area (Å²) in [5.41, 5.74) is -0.845. The smallest absolute Gasteiger partial charge is 0.0836 e. The molecule has 0 aliphatic carbocycles. The van der Waals surface area contributed by atoms with Gasteiger partial charge >= 0.3 is 0 Å². The molecule has 2 nitrogen and oxygen atoms in total. The number of hydrogen-bond acceptors (Lipinski definition) is 2. The normalized spacial score (nSPS) is 17.2. The van der Waals surface area contributed by atoms with Crippen molar-refractivity contribution in [1.29, 1.82) is 0 Å². The molecule has 0 heterocycles. The van der Waals surface area contributed by atoms with E-state index in [2.05, 4.69) is 38.2 Å². The summed E-state index contributed by atoms with van der Waals surface area (Å²) in [6, 6.07) is 0. The zero-order valence-electron chi connectivity index (χ0n) is 16.1. The number of aliphatic hydroxyl groups is 2. The molecule has 0 fully saturated rings. The first-order valence-electron chi connectivity index (χ1n) is 9.40. The Hall–Kier alpha value is -1.64. The zero-order chi connectivity index (χ0) is 18.8. The topological polar surface area (TPSA) is 40.5 Å². The van der Waals surface area contributed by atoms with Gasteiger partial charge in [0, 0.05) is 0 Å². The summed E-state index contributed by atoms with van der Waals surface area (Å²) in [5, 5.41) is 20.0. The van der Waals surface area contributed by atoms with Gasteiger partial charge in [0.1, 0.15) is 0 Å². The van der Waals surface area contributed by atoms with Crippen molar-refractivity contribution in [2.45, 2.75) is 71.0 Å². The van der Waals surface area contributed by atoms with Crippen LogP contribution in [0.5, 0.6) is 0 Å². The van der Waals surface area contributed by atoms with Crippen molar-refractivity contribution in [2.24, 2.45) is 0 Å². The molecule has 0 aromatic rings. The van der Waals surface area contributed by atoms with E-state index in [0.717, 1.165) is 25.7 Å². The minimum atomic E-state index is -0.845. The van der Waals surface area contributed by atoms with E-state index in [1.165, 1.54) is 0 Å². The highest BCUT2D eigenvalue weighted by Crippen LogP contribution is 2.12. The molecule has 0 aliphatic rings. The Morgan fingerprint density at radius 2 is 1.60 bits per heavy atom. The van der Waals surface area contributed by atoms with Crippen LogP contribution < -0.4 is 0 Å². The monoisotopic (exact) mass is 344 g/mol. The molecule has 25 heavy (non-hydrogen) atoms. The van der Waals surface area contributed by atoms with Gasteiger partial charge in [-0.05, 0) is 39.0 Å². The molecular formula is C23H36O2. The predicted molar refractivity (Wildman–Crippen MR) is 111 cm³/mol. The molecule has 0 aromatic carbocycles. The van der Waals surface area contributed by atoms with Crippen LogP contribution in [0.15, 0.2) is 72.9 Å². The summed E-state index contributed by atoms with van der Waals surface area (Å²) in [4.78, 5) is 0. The number of aliphatic hydroxyl groups excluding tert-OH is 1. The average molecular weight is 345 g/mol. The van der Waals surface area contributed by atoms with Crippen LogP contribution >= 0.6 is 0 Å². The van der Waals surface area contributed by atoms with E-state index < -0.39 is 11.7 Å². The Morgan fingerprint density at radius 3 is 2.32 bits per heavy atom. The highest BCUT2D eigenvalue weighted by atomic mass is 16.3. The molecule has 0 aromatic heterocycles. The average Bonchev–Trinajstić information content (AvgIpc) is 2.58. The SMILES string of the molecule is CC/C=C\C/C=C\CC(C)(O)\C=C/C=C/C=C/C(O)C/C=C\CCC. The van der Waals surface area contributed by atoms with Gasteiger partial charge in [0.15, 0.2) is 0 Å². The minimum absolute atomic E-state index is 0.447. The van der Waals surface area contributed by atoms with Gasteiger partial charge in [-0.2, -0.15) is 0 Å². The van der Waals surface area contributed by atoms with Crippen LogP contribution in [0.25, 0.3) is 0 Å². The van der Waals surface area contributed by atoms with Crippen molar-refractivity contribution in [2.75, 3.05) is 0 Å². The molecule has 2 heteroatoms. The van der Waals surface area contributed by atoms with Crippen LogP contribution in [0.2, 0.25) is 0 Å². The van der Waals surface area contributed by atoms with Crippen molar-refractivity contribution in [1.82, 2.24) is 0 Å². The lowest BCUT2D eigenvalue weighted by molar-refractivity contribution is 0.115. The summed E-state index contributed by atoms with van der Waals surface area (Å²) >= 11 is 0. The molecular weight excluding hydrogens is 308 g/mol. The van der Waals surface area contributed by atoms with E-state index in [9.17, 15) is 10.2 Å². The van der Waals surface area contributed by atoms with E-state index in [0.29, 0.717) is 12.8 Å². The Kier molecular flexibility index (Phi) is 14.8. The quantitative estimate of drug-likeness (QED) is 0.327. The second kappa shape index (κ2) is 15.9. The second-order valence-electron chi connectivity index (χ2n) is 6.34. The van der Waals surface area contributed by atoms with E-state index in [-0.39, 0.29) is 0 Å². The molecule has 140 valence electrons. The lowest BCUT2D eigenvalue weighted by Crippen LogP contribution is -2.18. The molecule has 0 bridgehead atoms. The van der Waals surface area contributed by atoms with Gasteiger partial charge < -0.3 is 10.2 Å². The second-order valence-corrected chi connectivity index (χ2v) is 6.34. The Labute approximate surface area is 154 Å². The van der Waals surface area contributed by atoms with Crippen molar-refractivity contribution in [3.05, 3.63) is 72.9 Å². The van der Waals surface area contributed by atoms with Crippen molar-refractivity contribution in [3.8, 4) is 0 Å². The van der Waals surface area contributed by atoms with Gasteiger partial charge in [-0.3, -0.25) is 0 Å². The number of unbranched alkanes of at least 4 members (excludes halogenated alkanes) is 1. The fraction of sp³-hybridized carbons (Fsp3) is 0.478. The first-order valence-corrected chi connectivity index (χ1v) is 9.40. The highest BCUT2D eigenvalue weighted by molar-refractivity contribution is 5.16. The van der Waals surface area contributed by atoms with Crippen LogP contribution in [0.3, 0.4) is 0 Å². The molecule has 0 spiro atoms. The number of hydrogen-bond donors (Lipinski definition) is 2. The van der Waals surface area contributed by atoms with Gasteiger partial charge in [-0.1, -0.05) is 93.2 Å². The number of allylic oxidation sites excluding steroid dienone is 8. The van der Waals surface area contributed by atoms with E-state index in [1.54, 1.807) is 19.1 Å². The molecule has 0 radical (unpaired) electrons.